The van der Waals surface area contributed by atoms with Crippen LogP contribution < -0.4 is 5.32 Å². The molecule has 17 heavy (non-hydrogen) atoms. The fourth-order valence-corrected chi connectivity index (χ4v) is 3.31. The van der Waals surface area contributed by atoms with Crippen LogP contribution >= 0.6 is 11.3 Å². The fourth-order valence-electron chi connectivity index (χ4n) is 2.66. The van der Waals surface area contributed by atoms with Gasteiger partial charge in [-0.2, -0.15) is 0 Å². The number of nitrogens with zero attached hydrogens (tertiary/aromatic N) is 1. The second-order valence-electron chi connectivity index (χ2n) is 5.53. The molecule has 0 amide bonds. The molecule has 3 atom stereocenters. The molecule has 1 aromatic rings. The van der Waals surface area contributed by atoms with E-state index >= 15 is 0 Å². The van der Waals surface area contributed by atoms with Crippen LogP contribution in [-0.4, -0.2) is 17.6 Å². The molecule has 1 aromatic heterocycles. The molecule has 96 valence electrons. The van der Waals surface area contributed by atoms with Crippen molar-refractivity contribution in [1.82, 2.24) is 10.3 Å². The third-order valence-electron chi connectivity index (χ3n) is 4.08. The monoisotopic (exact) mass is 252 g/mol. The number of aryl methyl sites for hydroxylation is 1. The maximum atomic E-state index is 4.50. The first-order valence-corrected chi connectivity index (χ1v) is 7.67. The van der Waals surface area contributed by atoms with Crippen molar-refractivity contribution < 1.29 is 0 Å². The highest BCUT2D eigenvalue weighted by Gasteiger charge is 2.23. The molecule has 0 saturated heterocycles. The third-order valence-corrected chi connectivity index (χ3v) is 4.90. The first kappa shape index (κ1) is 13.0. The van der Waals surface area contributed by atoms with E-state index in [1.165, 1.54) is 30.0 Å². The van der Waals surface area contributed by atoms with E-state index in [0.717, 1.165) is 30.8 Å². The topological polar surface area (TPSA) is 24.9 Å². The SMILES string of the molecule is Cc1nc(CCNC2CCC(C)C(C)C2)cs1. The molecule has 0 spiro atoms. The van der Waals surface area contributed by atoms with Gasteiger partial charge in [0.25, 0.3) is 0 Å². The van der Waals surface area contributed by atoms with Crippen LogP contribution in [0.5, 0.6) is 0 Å². The van der Waals surface area contributed by atoms with Crippen LogP contribution in [-0.2, 0) is 6.42 Å². The maximum Gasteiger partial charge on any atom is 0.0897 e. The second kappa shape index (κ2) is 5.96. The van der Waals surface area contributed by atoms with E-state index in [4.69, 9.17) is 0 Å². The largest absolute Gasteiger partial charge is 0.314 e. The Balaban J connectivity index is 1.69. The zero-order chi connectivity index (χ0) is 12.3. The van der Waals surface area contributed by atoms with Crippen molar-refractivity contribution >= 4 is 11.3 Å². The summed E-state index contributed by atoms with van der Waals surface area (Å²) in [6.45, 7) is 7.93. The molecule has 0 radical (unpaired) electrons. The normalized spacial score (nSPS) is 29.5. The van der Waals surface area contributed by atoms with Crippen LogP contribution in [0.15, 0.2) is 5.38 Å². The molecule has 1 aliphatic carbocycles. The summed E-state index contributed by atoms with van der Waals surface area (Å²) in [5.74, 6) is 1.79. The summed E-state index contributed by atoms with van der Waals surface area (Å²) in [5, 5.41) is 7.06. The summed E-state index contributed by atoms with van der Waals surface area (Å²) in [6.07, 6.45) is 5.15. The van der Waals surface area contributed by atoms with E-state index in [-0.39, 0.29) is 0 Å². The van der Waals surface area contributed by atoms with Crippen molar-refractivity contribution in [3.8, 4) is 0 Å². The summed E-state index contributed by atoms with van der Waals surface area (Å²) in [5.41, 5.74) is 1.25. The average Bonchev–Trinajstić information content (AvgIpc) is 2.70. The molecule has 0 aliphatic heterocycles. The Morgan fingerprint density at radius 2 is 2.18 bits per heavy atom. The van der Waals surface area contributed by atoms with Crippen LogP contribution in [0.2, 0.25) is 0 Å². The zero-order valence-corrected chi connectivity index (χ0v) is 12.0. The van der Waals surface area contributed by atoms with Gasteiger partial charge in [-0.1, -0.05) is 13.8 Å². The van der Waals surface area contributed by atoms with Crippen molar-refractivity contribution in [3.63, 3.8) is 0 Å². The van der Waals surface area contributed by atoms with Gasteiger partial charge in [0.15, 0.2) is 0 Å². The number of hydrogen-bond donors (Lipinski definition) is 1. The van der Waals surface area contributed by atoms with Gasteiger partial charge in [0, 0.05) is 24.4 Å². The van der Waals surface area contributed by atoms with Crippen molar-refractivity contribution in [2.45, 2.75) is 52.5 Å². The average molecular weight is 252 g/mol. The van der Waals surface area contributed by atoms with Gasteiger partial charge in [-0.25, -0.2) is 4.98 Å². The van der Waals surface area contributed by atoms with E-state index in [2.05, 4.69) is 36.5 Å². The van der Waals surface area contributed by atoms with Crippen molar-refractivity contribution in [2.24, 2.45) is 11.8 Å². The Hall–Kier alpha value is -0.410. The molecule has 1 heterocycles. The lowest BCUT2D eigenvalue weighted by molar-refractivity contribution is 0.227. The molecule has 1 saturated carbocycles. The van der Waals surface area contributed by atoms with Crippen LogP contribution in [0.1, 0.15) is 43.8 Å². The van der Waals surface area contributed by atoms with Crippen LogP contribution in [0.25, 0.3) is 0 Å². The molecule has 2 rings (SSSR count). The lowest BCUT2D eigenvalue weighted by Crippen LogP contribution is -2.37. The van der Waals surface area contributed by atoms with Crippen LogP contribution in [0.4, 0.5) is 0 Å². The van der Waals surface area contributed by atoms with Crippen molar-refractivity contribution in [1.29, 1.82) is 0 Å². The Bertz CT molecular complexity index is 348. The lowest BCUT2D eigenvalue weighted by atomic mass is 9.79. The summed E-state index contributed by atoms with van der Waals surface area (Å²) in [4.78, 5) is 4.50. The molecule has 3 heteroatoms. The highest BCUT2D eigenvalue weighted by atomic mass is 32.1. The van der Waals surface area contributed by atoms with Gasteiger partial charge < -0.3 is 5.32 Å². The van der Waals surface area contributed by atoms with Gasteiger partial charge >= 0.3 is 0 Å². The molecule has 1 aliphatic rings. The minimum Gasteiger partial charge on any atom is -0.314 e. The van der Waals surface area contributed by atoms with Gasteiger partial charge in [0.05, 0.1) is 10.7 Å². The Morgan fingerprint density at radius 1 is 1.35 bits per heavy atom. The summed E-state index contributed by atoms with van der Waals surface area (Å²) in [6, 6.07) is 0.737. The molecule has 1 N–H and O–H groups in total. The van der Waals surface area contributed by atoms with Crippen LogP contribution in [0, 0.1) is 18.8 Å². The summed E-state index contributed by atoms with van der Waals surface area (Å²) < 4.78 is 0. The van der Waals surface area contributed by atoms with Crippen LogP contribution in [0.3, 0.4) is 0 Å². The molecule has 0 aromatic carbocycles. The van der Waals surface area contributed by atoms with E-state index < -0.39 is 0 Å². The molecular weight excluding hydrogens is 228 g/mol. The number of hydrogen-bond acceptors (Lipinski definition) is 3. The third kappa shape index (κ3) is 3.78. The van der Waals surface area contributed by atoms with E-state index in [1.807, 2.05) is 0 Å². The van der Waals surface area contributed by atoms with Gasteiger partial charge in [0.2, 0.25) is 0 Å². The number of thiazole rings is 1. The molecule has 3 unspecified atom stereocenters. The maximum absolute atomic E-state index is 4.50. The van der Waals surface area contributed by atoms with Crippen molar-refractivity contribution in [3.05, 3.63) is 16.1 Å². The Labute approximate surface area is 109 Å². The highest BCUT2D eigenvalue weighted by Crippen LogP contribution is 2.29. The van der Waals surface area contributed by atoms with Gasteiger partial charge in [-0.15, -0.1) is 11.3 Å². The number of nitrogens with one attached hydrogen (secondary N) is 1. The second-order valence-corrected chi connectivity index (χ2v) is 6.59. The molecule has 2 nitrogen and oxygen atoms in total. The molecular formula is C14H24N2S. The van der Waals surface area contributed by atoms with E-state index in [1.54, 1.807) is 11.3 Å². The van der Waals surface area contributed by atoms with Gasteiger partial charge in [-0.3, -0.25) is 0 Å². The first-order valence-electron chi connectivity index (χ1n) is 6.79. The minimum absolute atomic E-state index is 0.737. The predicted molar refractivity (Wildman–Crippen MR) is 74.5 cm³/mol. The van der Waals surface area contributed by atoms with E-state index in [0.29, 0.717) is 0 Å². The Morgan fingerprint density at radius 3 is 2.82 bits per heavy atom. The lowest BCUT2D eigenvalue weighted by Gasteiger charge is -2.32. The Kier molecular flexibility index (Phi) is 4.57. The first-order chi connectivity index (χ1) is 8.15. The van der Waals surface area contributed by atoms with Gasteiger partial charge in [0.1, 0.15) is 0 Å². The smallest absolute Gasteiger partial charge is 0.0897 e. The van der Waals surface area contributed by atoms with Crippen molar-refractivity contribution in [2.75, 3.05) is 6.54 Å². The minimum atomic E-state index is 0.737. The molecule has 1 fully saturated rings. The quantitative estimate of drug-likeness (QED) is 0.888. The molecule has 0 bridgehead atoms. The standard InChI is InChI=1S/C14H24N2S/c1-10-4-5-13(8-11(10)2)15-7-6-14-9-17-12(3)16-14/h9-11,13,15H,4-8H2,1-3H3. The summed E-state index contributed by atoms with van der Waals surface area (Å²) in [7, 11) is 0. The fraction of sp³-hybridized carbons (Fsp3) is 0.786. The van der Waals surface area contributed by atoms with Gasteiger partial charge in [-0.05, 0) is 38.0 Å². The van der Waals surface area contributed by atoms with E-state index in [9.17, 15) is 0 Å². The predicted octanol–water partition coefficient (Wildman–Crippen LogP) is 3.41. The number of rotatable bonds is 4. The summed E-state index contributed by atoms with van der Waals surface area (Å²) >= 11 is 1.75. The zero-order valence-electron chi connectivity index (χ0n) is 11.2. The number of aromatic nitrogens is 1. The highest BCUT2D eigenvalue weighted by molar-refractivity contribution is 7.09.